The second kappa shape index (κ2) is 13.7. The number of aromatic nitrogens is 2. The molecule has 3 aromatic carbocycles. The molecule has 2 N–H and O–H groups in total. The fraction of sp³-hybridized carbons (Fsp3) is 0.314. The van der Waals surface area contributed by atoms with Gasteiger partial charge in [-0.15, -0.1) is 0 Å². The molecule has 4 aromatic rings. The first-order chi connectivity index (χ1) is 22.3. The van der Waals surface area contributed by atoms with E-state index in [0.29, 0.717) is 37.6 Å². The van der Waals surface area contributed by atoms with Crippen molar-refractivity contribution in [3.8, 4) is 0 Å². The van der Waals surface area contributed by atoms with Gasteiger partial charge in [0.05, 0.1) is 19.1 Å². The number of hydrogen-bond donors (Lipinski definition) is 1. The van der Waals surface area contributed by atoms with E-state index in [1.165, 1.54) is 10.6 Å². The van der Waals surface area contributed by atoms with Crippen LogP contribution in [0.1, 0.15) is 28.4 Å². The molecule has 9 nitrogen and oxygen atoms in total. The Balaban J connectivity index is 1.33. The van der Waals surface area contributed by atoms with Crippen molar-refractivity contribution in [2.45, 2.75) is 38.5 Å². The molecule has 2 aliphatic rings. The van der Waals surface area contributed by atoms with Crippen LogP contribution in [0, 0.1) is 18.6 Å². The van der Waals surface area contributed by atoms with E-state index >= 15 is 0 Å². The second-order valence-electron chi connectivity index (χ2n) is 11.6. The summed E-state index contributed by atoms with van der Waals surface area (Å²) in [4.78, 5) is 32.2. The van der Waals surface area contributed by atoms with Crippen LogP contribution in [-0.4, -0.2) is 53.0 Å². The fourth-order valence-electron chi connectivity index (χ4n) is 6.27. The zero-order valence-corrected chi connectivity index (χ0v) is 25.6. The number of hydrogen-bond acceptors (Lipinski definition) is 7. The van der Waals surface area contributed by atoms with Crippen LogP contribution in [0.5, 0.6) is 0 Å². The molecule has 0 aliphatic carbocycles. The highest BCUT2D eigenvalue weighted by Crippen LogP contribution is 2.25. The third kappa shape index (κ3) is 6.47. The summed E-state index contributed by atoms with van der Waals surface area (Å²) in [6.07, 6.45) is 2.38. The fourth-order valence-corrected chi connectivity index (χ4v) is 6.27. The number of nitrogens with zero attached hydrogens (tertiary/aromatic N) is 4. The lowest BCUT2D eigenvalue weighted by atomic mass is 10.0. The zero-order chi connectivity index (χ0) is 32.2. The number of rotatable bonds is 10. The highest BCUT2D eigenvalue weighted by Gasteiger charge is 2.32. The van der Waals surface area contributed by atoms with Gasteiger partial charge in [0.25, 0.3) is 5.56 Å². The topological polar surface area (TPSA) is 95.0 Å². The molecular weight excluding hydrogens is 592 g/mol. The van der Waals surface area contributed by atoms with Crippen LogP contribution in [0.4, 0.5) is 14.5 Å². The van der Waals surface area contributed by atoms with Crippen LogP contribution >= 0.6 is 0 Å². The van der Waals surface area contributed by atoms with E-state index in [2.05, 4.69) is 17.0 Å². The van der Waals surface area contributed by atoms with Gasteiger partial charge in [0.1, 0.15) is 23.6 Å². The second-order valence-corrected chi connectivity index (χ2v) is 11.6. The molecule has 11 heteroatoms. The Morgan fingerprint density at radius 1 is 0.848 bits per heavy atom. The van der Waals surface area contributed by atoms with Crippen molar-refractivity contribution in [3.63, 3.8) is 0 Å². The Morgan fingerprint density at radius 3 is 2.13 bits per heavy atom. The van der Waals surface area contributed by atoms with Gasteiger partial charge in [0.15, 0.2) is 5.76 Å². The van der Waals surface area contributed by atoms with Crippen molar-refractivity contribution in [3.05, 3.63) is 146 Å². The minimum absolute atomic E-state index is 0.0633. The summed E-state index contributed by atoms with van der Waals surface area (Å²) in [7, 11) is 0. The van der Waals surface area contributed by atoms with Crippen LogP contribution < -0.4 is 21.9 Å². The van der Waals surface area contributed by atoms with Crippen LogP contribution in [0.25, 0.3) is 0 Å². The Morgan fingerprint density at radius 2 is 1.50 bits per heavy atom. The molecule has 1 unspecified atom stereocenters. The van der Waals surface area contributed by atoms with Gasteiger partial charge in [-0.2, -0.15) is 0 Å². The van der Waals surface area contributed by atoms with Crippen molar-refractivity contribution in [1.82, 2.24) is 14.0 Å². The molecule has 0 radical (unpaired) electrons. The Kier molecular flexibility index (Phi) is 9.32. The maximum atomic E-state index is 14.8. The standard InChI is InChI=1S/C35H37F2N5O4/c1-24-33(40-17-15-39(16-18-40)31(32-22-45-23-46-32)19-25-9-4-2-5-10-25)34(43)42(21-30(38)26-11-6-3-7-12-26)35(44)41(24)20-27-28(36)13-8-14-29(27)37/h2-14,22,30-31H,15-21,23,38H2,1H3/t30-,31?/m1/s1. The SMILES string of the molecule is Cc1c(N2CCN(C(Cc3ccccc3)C3=COCO3)CC2)c(=O)n(C[C@@H](N)c2ccccc2)c(=O)n1Cc1c(F)cccc1F. The molecule has 0 bridgehead atoms. The van der Waals surface area contributed by atoms with E-state index in [1.807, 2.05) is 53.4 Å². The van der Waals surface area contributed by atoms with E-state index in [-0.39, 0.29) is 31.5 Å². The van der Waals surface area contributed by atoms with Crippen molar-refractivity contribution in [2.75, 3.05) is 37.9 Å². The van der Waals surface area contributed by atoms with Crippen molar-refractivity contribution in [2.24, 2.45) is 5.73 Å². The predicted octanol–water partition coefficient (Wildman–Crippen LogP) is 3.92. The molecule has 46 heavy (non-hydrogen) atoms. The summed E-state index contributed by atoms with van der Waals surface area (Å²) in [6.45, 7) is 3.51. The van der Waals surface area contributed by atoms with Gasteiger partial charge < -0.3 is 20.1 Å². The van der Waals surface area contributed by atoms with E-state index in [9.17, 15) is 18.4 Å². The molecule has 1 aromatic heterocycles. The third-order valence-corrected chi connectivity index (χ3v) is 8.81. The molecular formula is C35H37F2N5O4. The minimum Gasteiger partial charge on any atom is -0.462 e. The largest absolute Gasteiger partial charge is 0.462 e. The number of halogens is 2. The number of piperazine rings is 1. The number of ether oxygens (including phenoxy) is 2. The molecule has 0 saturated carbocycles. The Labute approximate surface area is 265 Å². The van der Waals surface area contributed by atoms with Crippen LogP contribution in [0.15, 0.2) is 100 Å². The summed E-state index contributed by atoms with van der Waals surface area (Å²) >= 11 is 0. The molecule has 0 spiro atoms. The van der Waals surface area contributed by atoms with Crippen molar-refractivity contribution >= 4 is 5.69 Å². The van der Waals surface area contributed by atoms with Crippen molar-refractivity contribution < 1.29 is 18.3 Å². The number of anilines is 1. The van der Waals surface area contributed by atoms with Gasteiger partial charge in [0.2, 0.25) is 6.79 Å². The maximum Gasteiger partial charge on any atom is 0.331 e. The molecule has 1 fully saturated rings. The first kappa shape index (κ1) is 31.3. The monoisotopic (exact) mass is 629 g/mol. The lowest BCUT2D eigenvalue weighted by Gasteiger charge is -2.40. The molecule has 1 saturated heterocycles. The molecule has 240 valence electrons. The van der Waals surface area contributed by atoms with E-state index in [0.717, 1.165) is 40.0 Å². The molecule has 2 aliphatic heterocycles. The van der Waals surface area contributed by atoms with Gasteiger partial charge in [-0.1, -0.05) is 66.7 Å². The average molecular weight is 630 g/mol. The average Bonchev–Trinajstić information content (AvgIpc) is 3.61. The third-order valence-electron chi connectivity index (χ3n) is 8.81. The highest BCUT2D eigenvalue weighted by molar-refractivity contribution is 5.50. The summed E-state index contributed by atoms with van der Waals surface area (Å²) < 4.78 is 43.1. The van der Waals surface area contributed by atoms with Gasteiger partial charge in [-0.3, -0.25) is 18.8 Å². The quantitative estimate of drug-likeness (QED) is 0.284. The first-order valence-corrected chi connectivity index (χ1v) is 15.4. The van der Waals surface area contributed by atoms with E-state index in [1.54, 1.807) is 13.2 Å². The normalized spacial score (nSPS) is 16.4. The maximum absolute atomic E-state index is 14.8. The first-order valence-electron chi connectivity index (χ1n) is 15.4. The summed E-state index contributed by atoms with van der Waals surface area (Å²) in [5.74, 6) is -0.777. The predicted molar refractivity (Wildman–Crippen MR) is 171 cm³/mol. The molecule has 6 rings (SSSR count). The highest BCUT2D eigenvalue weighted by atomic mass is 19.1. The summed E-state index contributed by atoms with van der Waals surface area (Å²) in [6, 6.07) is 22.2. The Hall–Kier alpha value is -4.74. The molecule has 2 atom stereocenters. The molecule has 3 heterocycles. The van der Waals surface area contributed by atoms with Crippen LogP contribution in [0.2, 0.25) is 0 Å². The van der Waals surface area contributed by atoms with E-state index in [4.69, 9.17) is 15.2 Å². The van der Waals surface area contributed by atoms with Gasteiger partial charge in [0, 0.05) is 43.5 Å². The number of nitrogens with two attached hydrogens (primary N) is 1. The Bertz CT molecular complexity index is 1800. The van der Waals surface area contributed by atoms with Crippen molar-refractivity contribution in [1.29, 1.82) is 0 Å². The lowest BCUT2D eigenvalue weighted by molar-refractivity contribution is 0.0580. The van der Waals surface area contributed by atoms with Gasteiger partial charge in [-0.25, -0.2) is 13.6 Å². The number of benzene rings is 3. The summed E-state index contributed by atoms with van der Waals surface area (Å²) in [5, 5.41) is 0. The summed E-state index contributed by atoms with van der Waals surface area (Å²) in [5.41, 5.74) is 7.64. The van der Waals surface area contributed by atoms with E-state index < -0.39 is 28.9 Å². The lowest BCUT2D eigenvalue weighted by Crippen LogP contribution is -2.54. The smallest absolute Gasteiger partial charge is 0.331 e. The van der Waals surface area contributed by atoms with Gasteiger partial charge in [-0.05, 0) is 36.6 Å². The molecule has 0 amide bonds. The zero-order valence-electron chi connectivity index (χ0n) is 25.6. The van der Waals surface area contributed by atoms with Crippen LogP contribution in [0.3, 0.4) is 0 Å². The minimum atomic E-state index is -0.767. The van der Waals surface area contributed by atoms with Crippen LogP contribution in [-0.2, 0) is 29.0 Å². The van der Waals surface area contributed by atoms with Gasteiger partial charge >= 0.3 is 5.69 Å².